The molecule has 4 nitrogen and oxygen atoms in total. The van der Waals surface area contributed by atoms with E-state index in [1.54, 1.807) is 0 Å². The third-order valence-corrected chi connectivity index (χ3v) is 9.92. The van der Waals surface area contributed by atoms with E-state index in [0.717, 1.165) is 72.3 Å². The molecule has 0 N–H and O–H groups in total. The Hall–Kier alpha value is -7.17. The quantitative estimate of drug-likeness (QED) is 0.168. The minimum atomic E-state index is 0.558. The van der Waals surface area contributed by atoms with E-state index in [-0.39, 0.29) is 0 Å². The predicted molar refractivity (Wildman–Crippen MR) is 218 cm³/mol. The summed E-state index contributed by atoms with van der Waals surface area (Å²) in [7, 11) is 0. The lowest BCUT2D eigenvalue weighted by atomic mass is 9.97. The average Bonchev–Trinajstić information content (AvgIpc) is 3.84. The van der Waals surface area contributed by atoms with E-state index in [9.17, 15) is 0 Å². The van der Waals surface area contributed by atoms with Gasteiger partial charge in [-0.15, -0.1) is 0 Å². The molecule has 4 heteroatoms. The summed E-state index contributed by atoms with van der Waals surface area (Å²) in [6.07, 6.45) is 0. The summed E-state index contributed by atoms with van der Waals surface area (Å²) in [6, 6.07) is 67.4. The summed E-state index contributed by atoms with van der Waals surface area (Å²) in [6.45, 7) is 0. The lowest BCUT2D eigenvalue weighted by Gasteiger charge is -2.28. The summed E-state index contributed by atoms with van der Waals surface area (Å²) in [5, 5.41) is 1.97. The van der Waals surface area contributed by atoms with Gasteiger partial charge >= 0.3 is 0 Å². The molecule has 0 saturated heterocycles. The van der Waals surface area contributed by atoms with E-state index < -0.39 is 0 Å². The summed E-state index contributed by atoms with van der Waals surface area (Å²) in [4.78, 5) is 7.37. The van der Waals surface area contributed by atoms with Gasteiger partial charge in [0, 0.05) is 28.3 Å². The molecule has 250 valence electrons. The van der Waals surface area contributed by atoms with Gasteiger partial charge in [0.25, 0.3) is 0 Å². The van der Waals surface area contributed by atoms with Gasteiger partial charge in [-0.2, -0.15) is 0 Å². The summed E-state index contributed by atoms with van der Waals surface area (Å²) in [5.74, 6) is 0.558. The third kappa shape index (κ3) is 5.45. The number of hydrogen-bond acceptors (Lipinski definition) is 4. The summed E-state index contributed by atoms with van der Waals surface area (Å²) in [5.41, 5.74) is 13.6. The van der Waals surface area contributed by atoms with Gasteiger partial charge in [0.05, 0.1) is 11.1 Å². The van der Waals surface area contributed by atoms with Crippen LogP contribution in [0.1, 0.15) is 0 Å². The second-order valence-corrected chi connectivity index (χ2v) is 13.1. The Kier molecular flexibility index (Phi) is 7.43. The molecule has 0 saturated carbocycles. The van der Waals surface area contributed by atoms with Crippen molar-refractivity contribution in [1.82, 2.24) is 4.98 Å². The topological polar surface area (TPSA) is 42.4 Å². The Bertz CT molecular complexity index is 2860. The molecule has 0 spiro atoms. The molecule has 0 fully saturated rings. The number of hydrogen-bond donors (Lipinski definition) is 0. The van der Waals surface area contributed by atoms with Crippen LogP contribution in [0.4, 0.5) is 17.1 Å². The number of furan rings is 1. The van der Waals surface area contributed by atoms with Crippen LogP contribution in [0.3, 0.4) is 0 Å². The molecule has 0 aliphatic rings. The smallest absolute Gasteiger partial charge is 0.227 e. The fourth-order valence-corrected chi connectivity index (χ4v) is 7.37. The van der Waals surface area contributed by atoms with Gasteiger partial charge in [-0.1, -0.05) is 152 Å². The van der Waals surface area contributed by atoms with Gasteiger partial charge in [0.1, 0.15) is 22.4 Å². The molecule has 0 bridgehead atoms. The van der Waals surface area contributed by atoms with Gasteiger partial charge in [-0.05, 0) is 64.2 Å². The van der Waals surface area contributed by atoms with Gasteiger partial charge in [-0.3, -0.25) is 0 Å². The van der Waals surface area contributed by atoms with Gasteiger partial charge < -0.3 is 13.7 Å². The van der Waals surface area contributed by atoms with Crippen molar-refractivity contribution in [2.75, 3.05) is 4.90 Å². The highest BCUT2D eigenvalue weighted by Crippen LogP contribution is 2.50. The van der Waals surface area contributed by atoms with Crippen LogP contribution in [0.25, 0.3) is 77.9 Å². The zero-order valence-corrected chi connectivity index (χ0v) is 28.7. The maximum Gasteiger partial charge on any atom is 0.227 e. The summed E-state index contributed by atoms with van der Waals surface area (Å²) >= 11 is 0. The molecule has 53 heavy (non-hydrogen) atoms. The maximum absolute atomic E-state index is 6.84. The van der Waals surface area contributed by atoms with E-state index in [4.69, 9.17) is 13.8 Å². The first kappa shape index (κ1) is 30.6. The van der Waals surface area contributed by atoms with Crippen LogP contribution < -0.4 is 4.90 Å². The molecule has 0 radical (unpaired) electrons. The van der Waals surface area contributed by atoms with Crippen molar-refractivity contribution in [2.45, 2.75) is 0 Å². The van der Waals surface area contributed by atoms with Crippen molar-refractivity contribution in [2.24, 2.45) is 0 Å². The lowest BCUT2D eigenvalue weighted by molar-refractivity contribution is 0.620. The van der Waals surface area contributed by atoms with Crippen molar-refractivity contribution in [1.29, 1.82) is 0 Å². The molecule has 2 aromatic heterocycles. The van der Waals surface area contributed by atoms with Crippen molar-refractivity contribution < 1.29 is 8.83 Å². The number of nitrogens with zero attached hydrogens (tertiary/aromatic N) is 2. The van der Waals surface area contributed by atoms with Crippen LogP contribution in [0.5, 0.6) is 0 Å². The third-order valence-electron chi connectivity index (χ3n) is 9.92. The minimum Gasteiger partial charge on any atom is -0.456 e. The normalized spacial score (nSPS) is 11.4. The number of fused-ring (bicyclic) bond motifs is 4. The molecule has 0 unspecified atom stereocenters. The minimum absolute atomic E-state index is 0.558. The number of para-hydroxylation sites is 2. The highest BCUT2D eigenvalue weighted by atomic mass is 16.4. The molecule has 0 atom stereocenters. The van der Waals surface area contributed by atoms with Crippen molar-refractivity contribution in [3.05, 3.63) is 194 Å². The number of oxazole rings is 1. The van der Waals surface area contributed by atoms with Crippen LogP contribution >= 0.6 is 0 Å². The van der Waals surface area contributed by atoms with Crippen LogP contribution in [0, 0.1) is 0 Å². The second kappa shape index (κ2) is 12.9. The molecule has 10 aromatic rings. The van der Waals surface area contributed by atoms with Crippen LogP contribution in [0.15, 0.2) is 203 Å². The first-order chi connectivity index (χ1) is 26.3. The zero-order valence-electron chi connectivity index (χ0n) is 28.7. The van der Waals surface area contributed by atoms with Crippen LogP contribution in [-0.4, -0.2) is 4.98 Å². The van der Waals surface area contributed by atoms with Gasteiger partial charge in [0.2, 0.25) is 5.89 Å². The fourth-order valence-electron chi connectivity index (χ4n) is 7.37. The Morgan fingerprint density at radius 3 is 1.62 bits per heavy atom. The lowest BCUT2D eigenvalue weighted by Crippen LogP contribution is -2.12. The Morgan fingerprint density at radius 2 is 0.943 bits per heavy atom. The Balaban J connectivity index is 1.25. The number of benzene rings is 8. The first-order valence-corrected chi connectivity index (χ1v) is 17.8. The first-order valence-electron chi connectivity index (χ1n) is 17.8. The Morgan fingerprint density at radius 1 is 0.415 bits per heavy atom. The molecule has 0 amide bonds. The zero-order chi connectivity index (χ0) is 35.1. The monoisotopic (exact) mass is 680 g/mol. The van der Waals surface area contributed by atoms with Crippen molar-refractivity contribution in [3.63, 3.8) is 0 Å². The molecule has 2 heterocycles. The fraction of sp³-hybridized carbons (Fsp3) is 0. The number of rotatable bonds is 7. The molecular weight excluding hydrogens is 649 g/mol. The van der Waals surface area contributed by atoms with E-state index in [1.165, 1.54) is 11.1 Å². The largest absolute Gasteiger partial charge is 0.456 e. The molecule has 0 aliphatic carbocycles. The van der Waals surface area contributed by atoms with Crippen molar-refractivity contribution >= 4 is 50.1 Å². The predicted octanol–water partition coefficient (Wildman–Crippen LogP) is 13.9. The van der Waals surface area contributed by atoms with E-state index in [2.05, 4.69) is 138 Å². The van der Waals surface area contributed by atoms with Crippen LogP contribution in [-0.2, 0) is 0 Å². The van der Waals surface area contributed by atoms with E-state index in [1.807, 2.05) is 60.7 Å². The molecular formula is C49H32N2O2. The number of anilines is 3. The van der Waals surface area contributed by atoms with Crippen molar-refractivity contribution in [3.8, 4) is 44.8 Å². The SMILES string of the molecule is c1ccc(-c2ccc(-c3ccccc3N(c3ccc(-c4ccccc4)cc3)c3c4oc(-c5ccccc5)nc4cc4oc5ccccc5c34)cc2)cc1. The second-order valence-electron chi connectivity index (χ2n) is 13.1. The highest BCUT2D eigenvalue weighted by Gasteiger charge is 2.28. The standard InChI is InChI=1S/C49H32N2O2/c1-4-14-33(15-5-1)35-24-26-37(27-25-35)40-20-10-12-22-43(40)51(39-30-28-36(29-31-39)34-16-6-2-7-17-34)47-46-41-21-11-13-23-44(41)52-45(46)32-42-48(47)53-49(50-42)38-18-8-3-9-19-38/h1-32H. The summed E-state index contributed by atoms with van der Waals surface area (Å²) < 4.78 is 13.4. The highest BCUT2D eigenvalue weighted by molar-refractivity contribution is 6.20. The maximum atomic E-state index is 6.84. The van der Waals surface area contributed by atoms with E-state index >= 15 is 0 Å². The van der Waals surface area contributed by atoms with Gasteiger partial charge in [-0.25, -0.2) is 4.98 Å². The number of aromatic nitrogens is 1. The van der Waals surface area contributed by atoms with Crippen LogP contribution in [0.2, 0.25) is 0 Å². The molecule has 10 rings (SSSR count). The Labute approximate surface area is 306 Å². The van der Waals surface area contributed by atoms with Gasteiger partial charge in [0.15, 0.2) is 5.58 Å². The molecule has 8 aromatic carbocycles. The molecule has 0 aliphatic heterocycles. The van der Waals surface area contributed by atoms with E-state index in [0.29, 0.717) is 11.5 Å². The average molecular weight is 681 g/mol.